The molecule has 0 saturated heterocycles. The molecular formula is C7HI15O. The average molecular weight is 2000 g/mol. The minimum absolute atomic E-state index is 0.0214. The minimum Gasteiger partial charge on any atom is -0.369 e. The quantitative estimate of drug-likeness (QED) is 0.208. The van der Waals surface area contributed by atoms with Crippen molar-refractivity contribution in [2.24, 2.45) is 0 Å². The number of hydrogen-bond acceptors (Lipinski definition) is 1. The number of alkyl halides is 15. The second kappa shape index (κ2) is 12.0. The maximum Gasteiger partial charge on any atom is 0.192 e. The van der Waals surface area contributed by atoms with E-state index in [-0.39, 0.29) is 6.58 Å². The fourth-order valence-electron chi connectivity index (χ4n) is 1.12. The lowest BCUT2D eigenvalue weighted by Crippen LogP contribution is -2.68. The van der Waals surface area contributed by atoms with Crippen LogP contribution in [-0.4, -0.2) is 13.3 Å². The van der Waals surface area contributed by atoms with E-state index in [1.807, 2.05) is 0 Å². The molecule has 0 aliphatic carbocycles. The molecule has 23 heavy (non-hydrogen) atoms. The van der Waals surface area contributed by atoms with Crippen LogP contribution in [0.4, 0.5) is 0 Å². The van der Waals surface area contributed by atoms with Crippen LogP contribution in [-0.2, 0) is 0 Å². The maximum atomic E-state index is 10.8. The van der Waals surface area contributed by atoms with Gasteiger partial charge in [0.05, 0.1) is 0 Å². The Morgan fingerprint density at radius 3 is 0.826 bits per heavy atom. The summed E-state index contributed by atoms with van der Waals surface area (Å²) in [6.45, 7) is 0. The van der Waals surface area contributed by atoms with Crippen LogP contribution in [0.25, 0.3) is 0 Å². The topological polar surface area (TPSA) is 20.2 Å². The van der Waals surface area contributed by atoms with Gasteiger partial charge in [0.1, 0.15) is 6.58 Å². The molecular weight excluding hydrogens is 2000 g/mol. The molecule has 16 heteroatoms. The largest absolute Gasteiger partial charge is 0.369 e. The van der Waals surface area contributed by atoms with E-state index in [0.717, 1.165) is 0 Å². The number of rotatable bonds is 6. The number of aliphatic hydroxyl groups is 1. The van der Waals surface area contributed by atoms with Gasteiger partial charge in [0.15, 0.2) is 1.61 Å². The summed E-state index contributed by atoms with van der Waals surface area (Å²) in [6.07, 6.45) is 0. The minimum atomic E-state index is -0.875. The molecule has 0 saturated carbocycles. The highest BCUT2D eigenvalue weighted by atomic mass is 127. The van der Waals surface area contributed by atoms with Crippen molar-refractivity contribution in [2.75, 3.05) is 0 Å². The van der Waals surface area contributed by atoms with Crippen LogP contribution in [0.3, 0.4) is 0 Å². The van der Waals surface area contributed by atoms with E-state index in [0.29, 0.717) is 0 Å². The average Bonchev–Trinajstić information content (AvgIpc) is 2.22. The zero-order chi connectivity index (χ0) is 19.5. The number of hydrogen-bond donors (Lipinski definition) is 1. The Balaban J connectivity index is 6.65. The monoisotopic (exact) mass is 2000 g/mol. The third-order valence-corrected chi connectivity index (χ3v) is 41.6. The third kappa shape index (κ3) is 7.46. The van der Waals surface area contributed by atoms with Crippen molar-refractivity contribution >= 4 is 339 Å². The van der Waals surface area contributed by atoms with Gasteiger partial charge in [-0.25, -0.2) is 0 Å². The van der Waals surface area contributed by atoms with E-state index < -0.39 is 1.61 Å². The van der Waals surface area contributed by atoms with Crippen LogP contribution in [0, 0.1) is 0 Å². The van der Waals surface area contributed by atoms with Crippen LogP contribution in [0.5, 0.6) is 0 Å². The molecule has 0 aliphatic heterocycles. The summed E-state index contributed by atoms with van der Waals surface area (Å²) in [7, 11) is 0. The molecule has 0 aliphatic rings. The molecule has 0 fully saturated rings. The van der Waals surface area contributed by atoms with Gasteiger partial charge in [-0.15, -0.1) is 0 Å². The van der Waals surface area contributed by atoms with E-state index in [1.165, 1.54) is 0 Å². The molecule has 0 heterocycles. The van der Waals surface area contributed by atoms with Crippen molar-refractivity contribution in [1.82, 2.24) is 0 Å². The molecule has 0 bridgehead atoms. The van der Waals surface area contributed by atoms with Crippen LogP contribution >= 0.6 is 339 Å². The highest BCUT2D eigenvalue weighted by Crippen LogP contribution is 2.78. The highest BCUT2D eigenvalue weighted by molar-refractivity contribution is 14.3. The lowest BCUT2D eigenvalue weighted by Gasteiger charge is -2.58. The standard InChI is InChI=1S/C7HI15O/c8-1(5(15,16)17,6(18,19)20)2(9,10)3(11,12)4(13,14)7(21,22)23/h23H. The summed E-state index contributed by atoms with van der Waals surface area (Å²) in [5.74, 6) is 0. The maximum absolute atomic E-state index is 10.8. The summed E-state index contributed by atoms with van der Waals surface area (Å²) in [5.41, 5.74) is 0. The molecule has 0 aromatic rings. The van der Waals surface area contributed by atoms with E-state index in [9.17, 15) is 5.11 Å². The van der Waals surface area contributed by atoms with E-state index >= 15 is 0 Å². The summed E-state index contributed by atoms with van der Waals surface area (Å²) >= 11 is 37.5. The van der Waals surface area contributed by atoms with Gasteiger partial charge in [-0.2, -0.15) is 0 Å². The fraction of sp³-hybridized carbons (Fsp3) is 1.00. The van der Waals surface area contributed by atoms with Crippen LogP contribution in [0.2, 0.25) is 0 Å². The Hall–Kier alpha value is 10.9. The van der Waals surface area contributed by atoms with Crippen molar-refractivity contribution in [1.29, 1.82) is 0 Å². The predicted molar refractivity (Wildman–Crippen MR) is 232 cm³/mol. The van der Waals surface area contributed by atoms with Gasteiger partial charge in [0.2, 0.25) is 0 Å². The Bertz CT molecular complexity index is 422. The van der Waals surface area contributed by atoms with Crippen LogP contribution in [0.1, 0.15) is 0 Å². The van der Waals surface area contributed by atoms with Gasteiger partial charge >= 0.3 is 0 Å². The Morgan fingerprint density at radius 2 is 0.652 bits per heavy atom. The zero-order valence-electron chi connectivity index (χ0n) is 9.62. The smallest absolute Gasteiger partial charge is 0.192 e. The molecule has 1 N–H and O–H groups in total. The fourth-order valence-corrected chi connectivity index (χ4v) is 28.0. The normalized spacial score (nSPS) is 16.7. The molecule has 0 unspecified atom stereocenters. The summed E-state index contributed by atoms with van der Waals surface area (Å²) in [4.78, 5) is 0. The van der Waals surface area contributed by atoms with Gasteiger partial charge < -0.3 is 5.11 Å². The predicted octanol–water partition coefficient (Wildman–Crippen LogP) is 11.3. The van der Waals surface area contributed by atoms with Crippen molar-refractivity contribution in [2.45, 2.75) is 8.19 Å². The Kier molecular flexibility index (Phi) is 17.6. The van der Waals surface area contributed by atoms with E-state index in [2.05, 4.69) is 339 Å². The first-order valence-electron chi connectivity index (χ1n) is 4.56. The SMILES string of the molecule is OC(I)(I)C(I)(I)C(I)(I)C(I)(I)C(I)(C(I)(I)I)C(I)(I)I. The van der Waals surface area contributed by atoms with Crippen LogP contribution in [0.15, 0.2) is 0 Å². The van der Waals surface area contributed by atoms with Gasteiger partial charge in [-0.3, -0.25) is 0 Å². The molecule has 140 valence electrons. The molecule has 1 nitrogen and oxygen atoms in total. The lowest BCUT2D eigenvalue weighted by molar-refractivity contribution is 0.256. The zero-order valence-corrected chi connectivity index (χ0v) is 42.0. The number of halogens is 15. The van der Waals surface area contributed by atoms with Gasteiger partial charge in [0.25, 0.3) is 0 Å². The first-order valence-corrected chi connectivity index (χ1v) is 20.7. The summed E-state index contributed by atoms with van der Waals surface area (Å²) < 4.78 is -1.82. The van der Waals surface area contributed by atoms with Gasteiger partial charge in [0, 0.05) is 0 Å². The molecule has 0 radical (unpaired) electrons. The van der Waals surface area contributed by atoms with E-state index in [4.69, 9.17) is 0 Å². The third-order valence-electron chi connectivity index (χ3n) is 2.38. The first kappa shape index (κ1) is 33.9. The van der Waals surface area contributed by atoms with Crippen molar-refractivity contribution in [3.8, 4) is 0 Å². The second-order valence-corrected chi connectivity index (χ2v) is 48.7. The Morgan fingerprint density at radius 1 is 0.391 bits per heavy atom. The molecule has 0 aromatic heterocycles. The highest BCUT2D eigenvalue weighted by Gasteiger charge is 2.76. The molecule has 0 rings (SSSR count). The molecule has 0 aromatic carbocycles. The van der Waals surface area contributed by atoms with Crippen molar-refractivity contribution < 1.29 is 5.11 Å². The summed E-state index contributed by atoms with van der Waals surface area (Å²) in [6, 6.07) is 0. The Labute approximate surface area is 341 Å². The molecule has 0 amide bonds. The molecule has 0 atom stereocenters. The first-order chi connectivity index (χ1) is 9.50. The van der Waals surface area contributed by atoms with Gasteiger partial charge in [-0.1, -0.05) is 294 Å². The van der Waals surface area contributed by atoms with Gasteiger partial charge in [-0.05, 0) is 45.2 Å². The lowest BCUT2D eigenvalue weighted by atomic mass is 10.1. The van der Waals surface area contributed by atoms with Crippen LogP contribution < -0.4 is 0 Å². The van der Waals surface area contributed by atoms with Crippen molar-refractivity contribution in [3.63, 3.8) is 0 Å². The van der Waals surface area contributed by atoms with Crippen molar-refractivity contribution in [3.05, 3.63) is 0 Å². The molecule has 0 spiro atoms. The second-order valence-electron chi connectivity index (χ2n) is 3.92. The summed E-state index contributed by atoms with van der Waals surface area (Å²) in [5, 5.41) is 10.8. The van der Waals surface area contributed by atoms with E-state index in [1.54, 1.807) is 0 Å².